The van der Waals surface area contributed by atoms with E-state index in [0.717, 1.165) is 10.2 Å². The zero-order valence-corrected chi connectivity index (χ0v) is 14.1. The van der Waals surface area contributed by atoms with Gasteiger partial charge in [0.1, 0.15) is 0 Å². The van der Waals surface area contributed by atoms with Crippen molar-refractivity contribution >= 4 is 21.6 Å². The third-order valence-electron chi connectivity index (χ3n) is 2.82. The van der Waals surface area contributed by atoms with Crippen LogP contribution >= 0.6 is 11.6 Å². The quantitative estimate of drug-likeness (QED) is 0.805. The normalized spacial score (nSPS) is 11.5. The fourth-order valence-electron chi connectivity index (χ4n) is 2.01. The molecule has 0 aliphatic heterocycles. The maximum Gasteiger partial charge on any atom is 0.237 e. The molecule has 0 unspecified atom stereocenters. The predicted octanol–water partition coefficient (Wildman–Crippen LogP) is 2.81. The van der Waals surface area contributed by atoms with E-state index in [0.29, 0.717) is 35.3 Å². The van der Waals surface area contributed by atoms with Gasteiger partial charge in [0.05, 0.1) is 24.5 Å². The Hall–Kier alpha value is -1.73. The summed E-state index contributed by atoms with van der Waals surface area (Å²) in [4.78, 5) is 4.10. The van der Waals surface area contributed by atoms with Gasteiger partial charge in [-0.15, -0.1) is 0 Å². The maximum absolute atomic E-state index is 11.8. The Morgan fingerprint density at radius 2 is 1.91 bits per heavy atom. The Kier molecular flexibility index (Phi) is 4.97. The minimum Gasteiger partial charge on any atom is -0.490 e. The molecule has 6 nitrogen and oxygen atoms in total. The zero-order valence-electron chi connectivity index (χ0n) is 12.5. The van der Waals surface area contributed by atoms with Crippen molar-refractivity contribution in [2.75, 3.05) is 19.5 Å². The Bertz CT molecular complexity index is 771. The highest BCUT2D eigenvalue weighted by molar-refractivity contribution is 7.89. The number of rotatable bonds is 6. The van der Waals surface area contributed by atoms with Gasteiger partial charge in [0.15, 0.2) is 17.3 Å². The van der Waals surface area contributed by atoms with Crippen LogP contribution in [0.2, 0.25) is 5.02 Å². The van der Waals surface area contributed by atoms with Gasteiger partial charge in [-0.1, -0.05) is 11.6 Å². The lowest BCUT2D eigenvalue weighted by Gasteiger charge is -2.14. The van der Waals surface area contributed by atoms with Crippen LogP contribution in [-0.2, 0) is 10.0 Å². The van der Waals surface area contributed by atoms with Crippen molar-refractivity contribution in [2.45, 2.75) is 13.8 Å². The van der Waals surface area contributed by atoms with Gasteiger partial charge in [0.25, 0.3) is 0 Å². The molecule has 0 bridgehead atoms. The second-order valence-electron chi connectivity index (χ2n) is 4.46. The average Bonchev–Trinajstić information content (AvgIpc) is 2.92. The molecule has 2 aromatic rings. The van der Waals surface area contributed by atoms with Crippen LogP contribution in [0, 0.1) is 0 Å². The van der Waals surface area contributed by atoms with Crippen LogP contribution in [0.4, 0.5) is 0 Å². The van der Waals surface area contributed by atoms with Crippen molar-refractivity contribution in [3.05, 3.63) is 29.5 Å². The van der Waals surface area contributed by atoms with E-state index in [1.807, 2.05) is 13.8 Å². The zero-order chi connectivity index (χ0) is 16.3. The van der Waals surface area contributed by atoms with Gasteiger partial charge in [-0.2, -0.15) is 0 Å². The summed E-state index contributed by atoms with van der Waals surface area (Å²) in [5.74, 6) is 1.16. The highest BCUT2D eigenvalue weighted by atomic mass is 35.5. The maximum atomic E-state index is 11.8. The van der Waals surface area contributed by atoms with Crippen LogP contribution in [0.3, 0.4) is 0 Å². The number of benzene rings is 1. The number of hydrogen-bond acceptors (Lipinski definition) is 5. The van der Waals surface area contributed by atoms with E-state index in [9.17, 15) is 8.42 Å². The molecule has 0 fully saturated rings. The molecule has 0 N–H and O–H groups in total. The third-order valence-corrected chi connectivity index (χ3v) is 4.11. The molecular weight excluding hydrogens is 328 g/mol. The van der Waals surface area contributed by atoms with E-state index in [1.54, 1.807) is 12.1 Å². The topological polar surface area (TPSA) is 70.4 Å². The van der Waals surface area contributed by atoms with Gasteiger partial charge in [-0.25, -0.2) is 17.4 Å². The van der Waals surface area contributed by atoms with Gasteiger partial charge in [-0.3, -0.25) is 0 Å². The van der Waals surface area contributed by atoms with Gasteiger partial charge in [0, 0.05) is 18.0 Å². The van der Waals surface area contributed by atoms with Crippen molar-refractivity contribution in [1.29, 1.82) is 0 Å². The highest BCUT2D eigenvalue weighted by Gasteiger charge is 2.18. The minimum absolute atomic E-state index is 0.272. The van der Waals surface area contributed by atoms with Crippen molar-refractivity contribution in [3.8, 4) is 22.9 Å². The monoisotopic (exact) mass is 344 g/mol. The van der Waals surface area contributed by atoms with Crippen LogP contribution < -0.4 is 9.47 Å². The number of nitrogens with zero attached hydrogens (tertiary/aromatic N) is 2. The highest BCUT2D eigenvalue weighted by Crippen LogP contribution is 2.39. The Labute approximate surface area is 134 Å². The van der Waals surface area contributed by atoms with E-state index in [4.69, 9.17) is 21.1 Å². The number of imidazole rings is 1. The third kappa shape index (κ3) is 3.36. The minimum atomic E-state index is -3.46. The fourth-order valence-corrected chi connectivity index (χ4v) is 3.01. The summed E-state index contributed by atoms with van der Waals surface area (Å²) < 4.78 is 35.7. The first-order chi connectivity index (χ1) is 10.4. The van der Waals surface area contributed by atoms with Crippen molar-refractivity contribution in [2.24, 2.45) is 0 Å². The number of ether oxygens (including phenoxy) is 2. The van der Waals surface area contributed by atoms with Crippen LogP contribution in [0.15, 0.2) is 24.5 Å². The SMILES string of the molecule is CCOc1cc(-c2nccn2S(C)(=O)=O)cc(Cl)c1OCC. The molecular formula is C14H17ClN2O4S. The van der Waals surface area contributed by atoms with E-state index in [-0.39, 0.29) is 5.82 Å². The first-order valence-corrected chi connectivity index (χ1v) is 8.94. The first-order valence-electron chi connectivity index (χ1n) is 6.71. The average molecular weight is 345 g/mol. The molecule has 1 heterocycles. The summed E-state index contributed by atoms with van der Waals surface area (Å²) in [6.07, 6.45) is 3.91. The summed E-state index contributed by atoms with van der Waals surface area (Å²) in [5, 5.41) is 0.339. The first kappa shape index (κ1) is 16.6. The second-order valence-corrected chi connectivity index (χ2v) is 6.73. The van der Waals surface area contributed by atoms with Crippen molar-refractivity contribution in [3.63, 3.8) is 0 Å². The van der Waals surface area contributed by atoms with Crippen LogP contribution in [0.1, 0.15) is 13.8 Å². The van der Waals surface area contributed by atoms with Gasteiger partial charge >= 0.3 is 0 Å². The molecule has 0 radical (unpaired) electrons. The van der Waals surface area contributed by atoms with E-state index in [1.165, 1.54) is 12.4 Å². The van der Waals surface area contributed by atoms with E-state index in [2.05, 4.69) is 4.98 Å². The lowest BCUT2D eigenvalue weighted by atomic mass is 10.2. The van der Waals surface area contributed by atoms with Crippen molar-refractivity contribution < 1.29 is 17.9 Å². The lowest BCUT2D eigenvalue weighted by molar-refractivity contribution is 0.288. The van der Waals surface area contributed by atoms with E-state index >= 15 is 0 Å². The number of aromatic nitrogens is 2. The largest absolute Gasteiger partial charge is 0.490 e. The predicted molar refractivity (Wildman–Crippen MR) is 85.3 cm³/mol. The Balaban J connectivity index is 2.60. The van der Waals surface area contributed by atoms with E-state index < -0.39 is 10.0 Å². The van der Waals surface area contributed by atoms with Crippen LogP contribution in [0.5, 0.6) is 11.5 Å². The molecule has 0 aliphatic carbocycles. The Morgan fingerprint density at radius 3 is 2.50 bits per heavy atom. The van der Waals surface area contributed by atoms with Crippen LogP contribution in [-0.4, -0.2) is 36.8 Å². The van der Waals surface area contributed by atoms with Gasteiger partial charge in [-0.05, 0) is 26.0 Å². The summed E-state index contributed by atoms with van der Waals surface area (Å²) in [6, 6.07) is 3.28. The summed E-state index contributed by atoms with van der Waals surface area (Å²) in [5.41, 5.74) is 0.535. The molecule has 0 aliphatic rings. The summed E-state index contributed by atoms with van der Waals surface area (Å²) >= 11 is 6.24. The van der Waals surface area contributed by atoms with Gasteiger partial charge < -0.3 is 9.47 Å². The molecule has 22 heavy (non-hydrogen) atoms. The molecule has 0 spiro atoms. The number of halogens is 1. The molecule has 0 saturated heterocycles. The summed E-state index contributed by atoms with van der Waals surface area (Å²) in [6.45, 7) is 4.56. The standard InChI is InChI=1S/C14H17ClN2O4S/c1-4-20-12-9-10(8-11(15)13(12)21-5-2)14-16-6-7-17(14)22(3,18)19/h6-9H,4-5H2,1-3H3. The molecule has 0 amide bonds. The van der Waals surface area contributed by atoms with Crippen molar-refractivity contribution in [1.82, 2.24) is 8.96 Å². The smallest absolute Gasteiger partial charge is 0.237 e. The molecule has 2 rings (SSSR count). The molecule has 0 saturated carbocycles. The number of hydrogen-bond donors (Lipinski definition) is 0. The molecule has 120 valence electrons. The Morgan fingerprint density at radius 1 is 1.23 bits per heavy atom. The van der Waals surface area contributed by atoms with Gasteiger partial charge in [0.2, 0.25) is 10.0 Å². The molecule has 0 atom stereocenters. The molecule has 1 aromatic heterocycles. The van der Waals surface area contributed by atoms with Crippen LogP contribution in [0.25, 0.3) is 11.4 Å². The molecule has 8 heteroatoms. The fraction of sp³-hybridized carbons (Fsp3) is 0.357. The lowest BCUT2D eigenvalue weighted by Crippen LogP contribution is -2.10. The molecule has 1 aromatic carbocycles. The summed E-state index contributed by atoms with van der Waals surface area (Å²) in [7, 11) is -3.46. The second kappa shape index (κ2) is 6.58.